The van der Waals surface area contributed by atoms with E-state index in [1.807, 2.05) is 26.0 Å². The molecule has 0 radical (unpaired) electrons. The molecule has 0 aliphatic carbocycles. The fraction of sp³-hybridized carbons (Fsp3) is 0.200. The number of rotatable bonds is 6. The number of amides is 1. The number of hydrogen-bond donors (Lipinski definition) is 1. The molecule has 0 bridgehead atoms. The molecule has 1 fully saturated rings. The second-order valence-corrected chi connectivity index (χ2v) is 7.54. The van der Waals surface area contributed by atoms with Gasteiger partial charge in [-0.15, -0.1) is 0 Å². The Bertz CT molecular complexity index is 945. The van der Waals surface area contributed by atoms with Crippen LogP contribution in [0, 0.1) is 5.82 Å². The average Bonchev–Trinajstić information content (AvgIpc) is 2.99. The minimum Gasteiger partial charge on any atom is -0.490 e. The number of halogens is 2. The highest BCUT2D eigenvalue weighted by atomic mass is 79.9. The smallest absolute Gasteiger partial charge is 0.264 e. The van der Waals surface area contributed by atoms with Crippen LogP contribution in [0.1, 0.15) is 19.4 Å². The van der Waals surface area contributed by atoms with E-state index in [1.54, 1.807) is 18.2 Å². The number of ether oxygens (including phenoxy) is 2. The van der Waals surface area contributed by atoms with Crippen molar-refractivity contribution in [1.82, 2.24) is 5.32 Å². The van der Waals surface area contributed by atoms with Crippen LogP contribution in [0.5, 0.6) is 11.5 Å². The predicted octanol–water partition coefficient (Wildman–Crippen LogP) is 5.28. The van der Waals surface area contributed by atoms with E-state index < -0.39 is 0 Å². The normalized spacial score (nSPS) is 16.5. The van der Waals surface area contributed by atoms with E-state index in [0.717, 1.165) is 10.0 Å². The number of nitrogens with one attached hydrogen (secondary N) is 1. The first kappa shape index (κ1) is 20.4. The van der Waals surface area contributed by atoms with Crippen LogP contribution in [0.25, 0.3) is 6.08 Å². The van der Waals surface area contributed by atoms with Gasteiger partial charge in [0.05, 0.1) is 28.3 Å². The first-order valence-corrected chi connectivity index (χ1v) is 10.3. The molecule has 0 spiro atoms. The van der Waals surface area contributed by atoms with Gasteiger partial charge in [-0.2, -0.15) is 0 Å². The maximum atomic E-state index is 13.0. The maximum Gasteiger partial charge on any atom is 0.264 e. The summed E-state index contributed by atoms with van der Waals surface area (Å²) in [5.74, 6) is 0.662. The summed E-state index contributed by atoms with van der Waals surface area (Å²) in [5.41, 5.74) is 1.35. The summed E-state index contributed by atoms with van der Waals surface area (Å²) in [6, 6.07) is 9.44. The van der Waals surface area contributed by atoms with Crippen molar-refractivity contribution in [3.05, 3.63) is 57.2 Å². The van der Waals surface area contributed by atoms with Crippen LogP contribution in [0.15, 0.2) is 50.8 Å². The molecule has 0 saturated carbocycles. The molecule has 1 saturated heterocycles. The average molecular weight is 465 g/mol. The number of thioether (sulfide) groups is 1. The Labute approximate surface area is 175 Å². The van der Waals surface area contributed by atoms with Crippen molar-refractivity contribution in [2.24, 2.45) is 4.99 Å². The number of carbonyl (C=O) groups excluding carboxylic acids is 1. The molecule has 2 aromatic rings. The summed E-state index contributed by atoms with van der Waals surface area (Å²) in [7, 11) is 0. The summed E-state index contributed by atoms with van der Waals surface area (Å²) in [4.78, 5) is 17.1. The molecule has 1 aliphatic heterocycles. The van der Waals surface area contributed by atoms with Gasteiger partial charge in [0, 0.05) is 0 Å². The molecule has 146 valence electrons. The minimum absolute atomic E-state index is 0.242. The van der Waals surface area contributed by atoms with Crippen molar-refractivity contribution < 1.29 is 18.7 Å². The summed E-state index contributed by atoms with van der Waals surface area (Å²) in [6.45, 7) is 4.81. The molecule has 3 rings (SSSR count). The molecular formula is C20H18BrFN2O3S. The van der Waals surface area contributed by atoms with Gasteiger partial charge in [0.25, 0.3) is 5.91 Å². The second-order valence-electron chi connectivity index (χ2n) is 5.65. The molecule has 1 heterocycles. The van der Waals surface area contributed by atoms with Crippen LogP contribution in [0.3, 0.4) is 0 Å². The monoisotopic (exact) mass is 464 g/mol. The van der Waals surface area contributed by atoms with Crippen molar-refractivity contribution in [3.63, 3.8) is 0 Å². The van der Waals surface area contributed by atoms with Crippen molar-refractivity contribution >= 4 is 50.5 Å². The van der Waals surface area contributed by atoms with Gasteiger partial charge in [-0.1, -0.05) is 0 Å². The lowest BCUT2D eigenvalue weighted by molar-refractivity contribution is -0.115. The summed E-state index contributed by atoms with van der Waals surface area (Å²) < 4.78 is 25.1. The lowest BCUT2D eigenvalue weighted by Crippen LogP contribution is -2.19. The zero-order valence-electron chi connectivity index (χ0n) is 15.3. The van der Waals surface area contributed by atoms with Crippen molar-refractivity contribution in [1.29, 1.82) is 0 Å². The van der Waals surface area contributed by atoms with Crippen LogP contribution in [0.4, 0.5) is 10.1 Å². The molecule has 1 amide bonds. The lowest BCUT2D eigenvalue weighted by Gasteiger charge is -2.13. The van der Waals surface area contributed by atoms with Gasteiger partial charge in [0.15, 0.2) is 16.7 Å². The number of nitrogens with zero attached hydrogens (tertiary/aromatic N) is 1. The topological polar surface area (TPSA) is 59.9 Å². The highest BCUT2D eigenvalue weighted by Gasteiger charge is 2.24. The first-order chi connectivity index (χ1) is 13.5. The fourth-order valence-electron chi connectivity index (χ4n) is 2.48. The van der Waals surface area contributed by atoms with Crippen LogP contribution in [-0.2, 0) is 4.79 Å². The SMILES string of the molecule is CCOc1cc(/C=C2/SC(=Nc3ccc(F)cc3)NC2=O)cc(Br)c1OCC. The Balaban J connectivity index is 1.86. The highest BCUT2D eigenvalue weighted by molar-refractivity contribution is 9.10. The lowest BCUT2D eigenvalue weighted by atomic mass is 10.2. The number of hydrogen-bond acceptors (Lipinski definition) is 5. The first-order valence-electron chi connectivity index (χ1n) is 8.64. The van der Waals surface area contributed by atoms with Crippen molar-refractivity contribution in [3.8, 4) is 11.5 Å². The molecular weight excluding hydrogens is 447 g/mol. The van der Waals surface area contributed by atoms with Gasteiger partial charge >= 0.3 is 0 Å². The summed E-state index contributed by atoms with van der Waals surface area (Å²) in [6.07, 6.45) is 1.76. The Morgan fingerprint density at radius 3 is 2.57 bits per heavy atom. The molecule has 28 heavy (non-hydrogen) atoms. The van der Waals surface area contributed by atoms with E-state index in [0.29, 0.717) is 40.5 Å². The number of amidine groups is 1. The Kier molecular flexibility index (Phi) is 6.74. The molecule has 1 N–H and O–H groups in total. The van der Waals surface area contributed by atoms with Gasteiger partial charge in [0.2, 0.25) is 0 Å². The van der Waals surface area contributed by atoms with E-state index in [-0.39, 0.29) is 11.7 Å². The molecule has 0 unspecified atom stereocenters. The standard InChI is InChI=1S/C20H18BrFN2O3S/c1-3-26-16-10-12(9-15(21)18(16)27-4-2)11-17-19(25)24-20(28-17)23-14-7-5-13(22)6-8-14/h5-11H,3-4H2,1-2H3,(H,23,24,25)/b17-11+. The van der Waals surface area contributed by atoms with E-state index in [4.69, 9.17) is 9.47 Å². The van der Waals surface area contributed by atoms with E-state index >= 15 is 0 Å². The molecule has 0 atom stereocenters. The zero-order chi connectivity index (χ0) is 20.1. The molecule has 1 aliphatic rings. The van der Waals surface area contributed by atoms with Crippen LogP contribution in [-0.4, -0.2) is 24.3 Å². The number of benzene rings is 2. The predicted molar refractivity (Wildman–Crippen MR) is 114 cm³/mol. The van der Waals surface area contributed by atoms with Gasteiger partial charge < -0.3 is 14.8 Å². The van der Waals surface area contributed by atoms with E-state index in [9.17, 15) is 9.18 Å². The van der Waals surface area contributed by atoms with Gasteiger partial charge in [-0.3, -0.25) is 4.79 Å². The third-order valence-electron chi connectivity index (χ3n) is 3.63. The van der Waals surface area contributed by atoms with Crippen LogP contribution < -0.4 is 14.8 Å². The maximum absolute atomic E-state index is 13.0. The largest absolute Gasteiger partial charge is 0.490 e. The van der Waals surface area contributed by atoms with E-state index in [1.165, 1.54) is 23.9 Å². The second kappa shape index (κ2) is 9.25. The van der Waals surface area contributed by atoms with Gasteiger partial charge in [-0.25, -0.2) is 9.38 Å². The molecule has 2 aromatic carbocycles. The van der Waals surface area contributed by atoms with Crippen molar-refractivity contribution in [2.45, 2.75) is 13.8 Å². The van der Waals surface area contributed by atoms with Crippen molar-refractivity contribution in [2.75, 3.05) is 13.2 Å². The third-order valence-corrected chi connectivity index (χ3v) is 5.13. The summed E-state index contributed by atoms with van der Waals surface area (Å²) >= 11 is 4.72. The van der Waals surface area contributed by atoms with Gasteiger partial charge in [0.1, 0.15) is 5.82 Å². The van der Waals surface area contributed by atoms with Crippen LogP contribution in [0.2, 0.25) is 0 Å². The Hall–Kier alpha value is -2.32. The number of carbonyl (C=O) groups is 1. The molecule has 5 nitrogen and oxygen atoms in total. The zero-order valence-corrected chi connectivity index (χ0v) is 17.7. The van der Waals surface area contributed by atoms with E-state index in [2.05, 4.69) is 26.2 Å². The quantitative estimate of drug-likeness (QED) is 0.590. The third kappa shape index (κ3) is 4.94. The molecule has 0 aromatic heterocycles. The summed E-state index contributed by atoms with van der Waals surface area (Å²) in [5, 5.41) is 3.16. The number of aliphatic imine (C=N–C) groups is 1. The Morgan fingerprint density at radius 1 is 1.18 bits per heavy atom. The highest BCUT2D eigenvalue weighted by Crippen LogP contribution is 2.38. The fourth-order valence-corrected chi connectivity index (χ4v) is 3.90. The Morgan fingerprint density at radius 2 is 1.89 bits per heavy atom. The minimum atomic E-state index is -0.334. The van der Waals surface area contributed by atoms with Crippen LogP contribution >= 0.6 is 27.7 Å². The molecule has 8 heteroatoms. The van der Waals surface area contributed by atoms with Gasteiger partial charge in [-0.05, 0) is 89.6 Å².